The zero-order valence-corrected chi connectivity index (χ0v) is 19.9. The van der Waals surface area contributed by atoms with Gasteiger partial charge in [-0.3, -0.25) is 4.99 Å². The molecule has 2 aromatic carbocycles. The van der Waals surface area contributed by atoms with Gasteiger partial charge in [-0.25, -0.2) is 0 Å². The minimum Gasteiger partial charge on any atom is -0.493 e. The van der Waals surface area contributed by atoms with Gasteiger partial charge in [0, 0.05) is 20.1 Å². The molecule has 9 heteroatoms. The van der Waals surface area contributed by atoms with Crippen LogP contribution in [0.5, 0.6) is 28.7 Å². The number of methoxy groups -OCH3 is 3. The summed E-state index contributed by atoms with van der Waals surface area (Å²) in [5, 5.41) is 6.61. The van der Waals surface area contributed by atoms with Crippen molar-refractivity contribution in [3.63, 3.8) is 0 Å². The van der Waals surface area contributed by atoms with Crippen LogP contribution >= 0.6 is 24.0 Å². The number of halogens is 1. The van der Waals surface area contributed by atoms with Crippen LogP contribution < -0.4 is 34.3 Å². The Morgan fingerprint density at radius 2 is 1.63 bits per heavy atom. The minimum atomic E-state index is 0. The summed E-state index contributed by atoms with van der Waals surface area (Å²) in [5.74, 6) is 4.12. The van der Waals surface area contributed by atoms with Gasteiger partial charge in [0.15, 0.2) is 29.0 Å². The molecular weight excluding hydrogens is 501 g/mol. The molecule has 8 nitrogen and oxygen atoms in total. The summed E-state index contributed by atoms with van der Waals surface area (Å²) in [6.45, 7) is 1.57. The lowest BCUT2D eigenvalue weighted by atomic mass is 10.1. The zero-order valence-electron chi connectivity index (χ0n) is 17.6. The van der Waals surface area contributed by atoms with Gasteiger partial charge in [0.25, 0.3) is 0 Å². The Labute approximate surface area is 193 Å². The average Bonchev–Trinajstić information content (AvgIpc) is 3.23. The van der Waals surface area contributed by atoms with E-state index in [0.29, 0.717) is 29.8 Å². The first-order valence-corrected chi connectivity index (χ1v) is 9.30. The van der Waals surface area contributed by atoms with E-state index < -0.39 is 0 Å². The van der Waals surface area contributed by atoms with Crippen molar-refractivity contribution in [3.8, 4) is 28.7 Å². The van der Waals surface area contributed by atoms with Crippen molar-refractivity contribution < 1.29 is 23.7 Å². The van der Waals surface area contributed by atoms with Crippen LogP contribution in [0.2, 0.25) is 0 Å². The van der Waals surface area contributed by atoms with Crippen molar-refractivity contribution in [1.82, 2.24) is 10.6 Å². The van der Waals surface area contributed by atoms with Gasteiger partial charge in [0.2, 0.25) is 12.5 Å². The van der Waals surface area contributed by atoms with Crippen LogP contribution in [0.4, 0.5) is 0 Å². The topological polar surface area (TPSA) is 82.6 Å². The number of fused-ring (bicyclic) bond motifs is 1. The summed E-state index contributed by atoms with van der Waals surface area (Å²) < 4.78 is 26.9. The molecule has 0 saturated carbocycles. The van der Waals surface area contributed by atoms with Gasteiger partial charge >= 0.3 is 0 Å². The van der Waals surface area contributed by atoms with E-state index in [1.165, 1.54) is 5.56 Å². The van der Waals surface area contributed by atoms with Crippen LogP contribution in [0.25, 0.3) is 0 Å². The molecule has 2 aromatic rings. The minimum absolute atomic E-state index is 0. The first kappa shape index (κ1) is 23.7. The number of aliphatic imine (C=N–C) groups is 1. The first-order valence-electron chi connectivity index (χ1n) is 9.30. The van der Waals surface area contributed by atoms with Gasteiger partial charge in [-0.2, -0.15) is 0 Å². The van der Waals surface area contributed by atoms with E-state index in [1.54, 1.807) is 28.4 Å². The number of nitrogens with one attached hydrogen (secondary N) is 2. The fourth-order valence-corrected chi connectivity index (χ4v) is 3.07. The van der Waals surface area contributed by atoms with Crippen molar-refractivity contribution in [2.75, 3.05) is 41.7 Å². The standard InChI is InChI=1S/C21H27N3O5.HI/c1-22-21(23-8-7-14-5-6-16-17(9-14)29-13-28-16)24-12-15-10-18(25-2)20(27-4)19(11-15)26-3;/h5-6,9-11H,7-8,12-13H2,1-4H3,(H2,22,23,24);1H. The molecule has 2 N–H and O–H groups in total. The number of rotatable bonds is 8. The van der Waals surface area contributed by atoms with Gasteiger partial charge in [-0.05, 0) is 41.8 Å². The fourth-order valence-electron chi connectivity index (χ4n) is 3.07. The van der Waals surface area contributed by atoms with E-state index in [4.69, 9.17) is 23.7 Å². The SMILES string of the molecule is CN=C(NCCc1ccc2c(c1)OCO2)NCc1cc(OC)c(OC)c(OC)c1.I. The maximum atomic E-state index is 5.42. The van der Waals surface area contributed by atoms with E-state index in [9.17, 15) is 0 Å². The van der Waals surface area contributed by atoms with Crippen molar-refractivity contribution in [2.45, 2.75) is 13.0 Å². The van der Waals surface area contributed by atoms with Crippen LogP contribution in [0.3, 0.4) is 0 Å². The molecule has 0 aliphatic carbocycles. The predicted molar refractivity (Wildman–Crippen MR) is 126 cm³/mol. The third-order valence-electron chi connectivity index (χ3n) is 4.55. The summed E-state index contributed by atoms with van der Waals surface area (Å²) in [4.78, 5) is 4.27. The molecule has 0 bridgehead atoms. The van der Waals surface area contributed by atoms with Crippen molar-refractivity contribution in [1.29, 1.82) is 0 Å². The smallest absolute Gasteiger partial charge is 0.231 e. The maximum absolute atomic E-state index is 5.42. The number of ether oxygens (including phenoxy) is 5. The van der Waals surface area contributed by atoms with Crippen LogP contribution in [0, 0.1) is 0 Å². The highest BCUT2D eigenvalue weighted by molar-refractivity contribution is 14.0. The third kappa shape index (κ3) is 5.74. The second kappa shape index (κ2) is 11.6. The largest absolute Gasteiger partial charge is 0.493 e. The van der Waals surface area contributed by atoms with E-state index in [1.807, 2.05) is 30.3 Å². The fraction of sp³-hybridized carbons (Fsp3) is 0.381. The Kier molecular flexibility index (Phi) is 9.15. The van der Waals surface area contributed by atoms with Gasteiger partial charge in [-0.1, -0.05) is 6.07 Å². The zero-order chi connectivity index (χ0) is 20.6. The second-order valence-electron chi connectivity index (χ2n) is 6.32. The lowest BCUT2D eigenvalue weighted by molar-refractivity contribution is 0.174. The van der Waals surface area contributed by atoms with Crippen molar-refractivity contribution in [2.24, 2.45) is 4.99 Å². The Morgan fingerprint density at radius 1 is 0.933 bits per heavy atom. The molecule has 0 saturated heterocycles. The number of hydrogen-bond acceptors (Lipinski definition) is 6. The van der Waals surface area contributed by atoms with Crippen LogP contribution in [-0.2, 0) is 13.0 Å². The molecule has 0 atom stereocenters. The lowest BCUT2D eigenvalue weighted by Crippen LogP contribution is -2.37. The number of nitrogens with zero attached hydrogens (tertiary/aromatic N) is 1. The highest BCUT2D eigenvalue weighted by atomic mass is 127. The van der Waals surface area contributed by atoms with Crippen LogP contribution in [0.1, 0.15) is 11.1 Å². The molecule has 1 aliphatic heterocycles. The Morgan fingerprint density at radius 3 is 2.27 bits per heavy atom. The summed E-state index contributed by atoms with van der Waals surface area (Å²) in [7, 11) is 6.53. The number of hydrogen-bond donors (Lipinski definition) is 2. The van der Waals surface area contributed by atoms with Crippen LogP contribution in [0.15, 0.2) is 35.3 Å². The first-order chi connectivity index (χ1) is 14.2. The molecule has 3 rings (SSSR count). The lowest BCUT2D eigenvalue weighted by Gasteiger charge is -2.16. The van der Waals surface area contributed by atoms with Crippen molar-refractivity contribution >= 4 is 29.9 Å². The van der Waals surface area contributed by atoms with Gasteiger partial charge < -0.3 is 34.3 Å². The second-order valence-corrected chi connectivity index (χ2v) is 6.32. The number of guanidine groups is 1. The summed E-state index contributed by atoms with van der Waals surface area (Å²) >= 11 is 0. The molecule has 164 valence electrons. The molecule has 0 radical (unpaired) electrons. The molecule has 0 unspecified atom stereocenters. The quantitative estimate of drug-likeness (QED) is 0.309. The predicted octanol–water partition coefficient (Wildman–Crippen LogP) is 2.97. The molecule has 1 heterocycles. The molecular formula is C21H28IN3O5. The van der Waals surface area contributed by atoms with E-state index in [-0.39, 0.29) is 30.8 Å². The Balaban J connectivity index is 0.00000320. The van der Waals surface area contributed by atoms with E-state index >= 15 is 0 Å². The molecule has 0 amide bonds. The summed E-state index contributed by atoms with van der Waals surface area (Å²) in [6.07, 6.45) is 0.835. The normalized spacial score (nSPS) is 12.1. The third-order valence-corrected chi connectivity index (χ3v) is 4.55. The van der Waals surface area contributed by atoms with Gasteiger partial charge in [0.05, 0.1) is 21.3 Å². The summed E-state index contributed by atoms with van der Waals surface area (Å²) in [6, 6.07) is 9.81. The maximum Gasteiger partial charge on any atom is 0.231 e. The number of benzene rings is 2. The highest BCUT2D eigenvalue weighted by Gasteiger charge is 2.14. The monoisotopic (exact) mass is 529 g/mol. The Bertz CT molecular complexity index is 851. The van der Waals surface area contributed by atoms with Crippen molar-refractivity contribution in [3.05, 3.63) is 41.5 Å². The van der Waals surface area contributed by atoms with E-state index in [0.717, 1.165) is 30.0 Å². The highest BCUT2D eigenvalue weighted by Crippen LogP contribution is 2.38. The molecule has 1 aliphatic rings. The average molecular weight is 529 g/mol. The summed E-state index contributed by atoms with van der Waals surface area (Å²) in [5.41, 5.74) is 2.15. The van der Waals surface area contributed by atoms with E-state index in [2.05, 4.69) is 15.6 Å². The molecule has 30 heavy (non-hydrogen) atoms. The molecule has 0 spiro atoms. The molecule has 0 aromatic heterocycles. The Hall–Kier alpha value is -2.56. The van der Waals surface area contributed by atoms with Gasteiger partial charge in [0.1, 0.15) is 0 Å². The van der Waals surface area contributed by atoms with Gasteiger partial charge in [-0.15, -0.1) is 24.0 Å². The molecule has 0 fully saturated rings. The van der Waals surface area contributed by atoms with Crippen LogP contribution in [-0.4, -0.2) is 47.7 Å².